The molecule has 3 nitrogen and oxygen atoms in total. The maximum absolute atomic E-state index is 11.9. The molecule has 1 aliphatic rings. The van der Waals surface area contributed by atoms with E-state index in [9.17, 15) is 4.79 Å². The van der Waals surface area contributed by atoms with Gasteiger partial charge in [-0.15, -0.1) is 0 Å². The Morgan fingerprint density at radius 2 is 1.89 bits per heavy atom. The van der Waals surface area contributed by atoms with Crippen LogP contribution < -0.4 is 0 Å². The van der Waals surface area contributed by atoms with Gasteiger partial charge in [0, 0.05) is 13.5 Å². The Bertz CT molecular complexity index is 289. The quantitative estimate of drug-likeness (QED) is 0.724. The van der Waals surface area contributed by atoms with E-state index in [0.717, 1.165) is 19.3 Å². The fourth-order valence-corrected chi connectivity index (χ4v) is 2.97. The number of hydrogen-bond donors (Lipinski definition) is 0. The second-order valence-corrected chi connectivity index (χ2v) is 7.32. The highest BCUT2D eigenvalue weighted by molar-refractivity contribution is 5.70. The van der Waals surface area contributed by atoms with Gasteiger partial charge in [-0.25, -0.2) is 0 Å². The topological polar surface area (TPSA) is 35.5 Å². The highest BCUT2D eigenvalue weighted by Gasteiger charge is 2.35. The van der Waals surface area contributed by atoms with Crippen LogP contribution in [0.25, 0.3) is 0 Å². The average molecular weight is 256 g/mol. The minimum Gasteiger partial charge on any atom is -0.460 e. The van der Waals surface area contributed by atoms with Crippen molar-refractivity contribution < 1.29 is 14.3 Å². The predicted molar refractivity (Wildman–Crippen MR) is 72.4 cm³/mol. The Balaban J connectivity index is 2.53. The molecule has 0 bridgehead atoms. The van der Waals surface area contributed by atoms with E-state index >= 15 is 0 Å². The van der Waals surface area contributed by atoms with E-state index in [1.54, 1.807) is 7.11 Å². The van der Waals surface area contributed by atoms with Gasteiger partial charge in [-0.3, -0.25) is 4.79 Å². The van der Waals surface area contributed by atoms with E-state index in [1.165, 1.54) is 0 Å². The van der Waals surface area contributed by atoms with Crippen LogP contribution in [-0.4, -0.2) is 24.8 Å². The van der Waals surface area contributed by atoms with Crippen LogP contribution in [0.3, 0.4) is 0 Å². The van der Waals surface area contributed by atoms with Crippen molar-refractivity contribution in [3.63, 3.8) is 0 Å². The van der Waals surface area contributed by atoms with Gasteiger partial charge in [0.05, 0.1) is 6.10 Å². The number of hydrogen-bond acceptors (Lipinski definition) is 3. The van der Waals surface area contributed by atoms with Crippen LogP contribution in [0.5, 0.6) is 0 Å². The van der Waals surface area contributed by atoms with Crippen molar-refractivity contribution in [2.24, 2.45) is 11.3 Å². The van der Waals surface area contributed by atoms with Gasteiger partial charge in [-0.2, -0.15) is 0 Å². The minimum atomic E-state index is -0.387. The molecule has 0 saturated heterocycles. The van der Waals surface area contributed by atoms with E-state index in [2.05, 4.69) is 13.8 Å². The number of carbonyl (C=O) groups is 1. The number of ether oxygens (including phenoxy) is 2. The standard InChI is InChI=1S/C15H28O3/c1-14(2,3)18-13(16)8-11-7-12(17-6)10-15(4,5)9-11/h11-12H,7-10H2,1-6H3/t11-,12+/m1/s1. The second-order valence-electron chi connectivity index (χ2n) is 7.32. The van der Waals surface area contributed by atoms with Crippen molar-refractivity contribution >= 4 is 5.97 Å². The number of esters is 1. The normalized spacial score (nSPS) is 27.9. The van der Waals surface area contributed by atoms with E-state index in [4.69, 9.17) is 9.47 Å². The van der Waals surface area contributed by atoms with Crippen LogP contribution in [0.15, 0.2) is 0 Å². The van der Waals surface area contributed by atoms with Gasteiger partial charge in [0.1, 0.15) is 5.60 Å². The first-order valence-corrected chi connectivity index (χ1v) is 6.86. The molecule has 1 aliphatic carbocycles. The third kappa shape index (κ3) is 5.38. The monoisotopic (exact) mass is 256 g/mol. The first-order valence-electron chi connectivity index (χ1n) is 6.86. The van der Waals surface area contributed by atoms with E-state index in [0.29, 0.717) is 12.3 Å². The zero-order valence-corrected chi connectivity index (χ0v) is 12.7. The van der Waals surface area contributed by atoms with Crippen LogP contribution in [0.4, 0.5) is 0 Å². The Kier molecular flexibility index (Phi) is 4.82. The molecule has 0 aromatic carbocycles. The summed E-state index contributed by atoms with van der Waals surface area (Å²) >= 11 is 0. The summed E-state index contributed by atoms with van der Waals surface area (Å²) in [6.07, 6.45) is 3.92. The molecule has 0 heterocycles. The van der Waals surface area contributed by atoms with Gasteiger partial charge in [0.25, 0.3) is 0 Å². The Hall–Kier alpha value is -0.570. The van der Waals surface area contributed by atoms with Gasteiger partial charge >= 0.3 is 5.97 Å². The highest BCUT2D eigenvalue weighted by Crippen LogP contribution is 2.41. The summed E-state index contributed by atoms with van der Waals surface area (Å²) in [6, 6.07) is 0. The van der Waals surface area contributed by atoms with Crippen LogP contribution in [-0.2, 0) is 14.3 Å². The van der Waals surface area contributed by atoms with Crippen LogP contribution in [0, 0.1) is 11.3 Å². The first-order chi connectivity index (χ1) is 8.11. The third-order valence-electron chi connectivity index (χ3n) is 3.43. The Morgan fingerprint density at radius 3 is 2.39 bits per heavy atom. The molecular formula is C15H28O3. The summed E-state index contributed by atoms with van der Waals surface area (Å²) in [7, 11) is 1.76. The van der Waals surface area contributed by atoms with Crippen molar-refractivity contribution in [2.45, 2.75) is 72.0 Å². The fraction of sp³-hybridized carbons (Fsp3) is 0.933. The molecular weight excluding hydrogens is 228 g/mol. The number of carbonyl (C=O) groups excluding carboxylic acids is 1. The molecule has 1 saturated carbocycles. The number of rotatable bonds is 3. The molecule has 1 rings (SSSR count). The van der Waals surface area contributed by atoms with Crippen molar-refractivity contribution in [1.29, 1.82) is 0 Å². The third-order valence-corrected chi connectivity index (χ3v) is 3.43. The van der Waals surface area contributed by atoms with Gasteiger partial charge in [-0.1, -0.05) is 13.8 Å². The number of methoxy groups -OCH3 is 1. The van der Waals surface area contributed by atoms with Crippen molar-refractivity contribution in [3.05, 3.63) is 0 Å². The van der Waals surface area contributed by atoms with Gasteiger partial charge in [0.2, 0.25) is 0 Å². The lowest BCUT2D eigenvalue weighted by Crippen LogP contribution is -2.35. The lowest BCUT2D eigenvalue weighted by Gasteiger charge is -2.39. The summed E-state index contributed by atoms with van der Waals surface area (Å²) in [5.41, 5.74) is -0.131. The van der Waals surface area contributed by atoms with Gasteiger partial charge < -0.3 is 9.47 Å². The van der Waals surface area contributed by atoms with Crippen molar-refractivity contribution in [1.82, 2.24) is 0 Å². The Labute approximate surface area is 111 Å². The van der Waals surface area contributed by atoms with E-state index in [-0.39, 0.29) is 23.1 Å². The maximum atomic E-state index is 11.9. The van der Waals surface area contributed by atoms with Crippen molar-refractivity contribution in [2.75, 3.05) is 7.11 Å². The zero-order chi connectivity index (χ0) is 14.0. The molecule has 2 atom stereocenters. The SMILES string of the molecule is CO[C@H]1C[C@H](CC(=O)OC(C)(C)C)CC(C)(C)C1. The van der Waals surface area contributed by atoms with Crippen LogP contribution in [0.2, 0.25) is 0 Å². The minimum absolute atomic E-state index is 0.0833. The van der Waals surface area contributed by atoms with E-state index in [1.807, 2.05) is 20.8 Å². The maximum Gasteiger partial charge on any atom is 0.306 e. The summed E-state index contributed by atoms with van der Waals surface area (Å²) in [4.78, 5) is 11.9. The van der Waals surface area contributed by atoms with E-state index < -0.39 is 0 Å². The first kappa shape index (κ1) is 15.5. The summed E-state index contributed by atoms with van der Waals surface area (Å²) in [6.45, 7) is 10.2. The van der Waals surface area contributed by atoms with Crippen molar-refractivity contribution in [3.8, 4) is 0 Å². The molecule has 0 unspecified atom stereocenters. The smallest absolute Gasteiger partial charge is 0.306 e. The molecule has 0 aromatic heterocycles. The fourth-order valence-electron chi connectivity index (χ4n) is 2.97. The van der Waals surface area contributed by atoms with Gasteiger partial charge in [0.15, 0.2) is 0 Å². The lowest BCUT2D eigenvalue weighted by atomic mass is 9.70. The average Bonchev–Trinajstić information content (AvgIpc) is 2.11. The molecule has 0 aliphatic heterocycles. The molecule has 3 heteroatoms. The largest absolute Gasteiger partial charge is 0.460 e. The summed E-state index contributed by atoms with van der Waals surface area (Å²) in [5, 5.41) is 0. The highest BCUT2D eigenvalue weighted by atomic mass is 16.6. The summed E-state index contributed by atoms with van der Waals surface area (Å²) < 4.78 is 10.9. The summed E-state index contributed by atoms with van der Waals surface area (Å²) in [5.74, 6) is 0.300. The molecule has 0 spiro atoms. The lowest BCUT2D eigenvalue weighted by molar-refractivity contribution is -0.157. The Morgan fingerprint density at radius 1 is 1.28 bits per heavy atom. The second kappa shape index (κ2) is 5.60. The molecule has 0 aromatic rings. The van der Waals surface area contributed by atoms with Gasteiger partial charge in [-0.05, 0) is 51.4 Å². The molecule has 0 N–H and O–H groups in total. The molecule has 0 amide bonds. The van der Waals surface area contributed by atoms with Crippen LogP contribution >= 0.6 is 0 Å². The molecule has 1 fully saturated rings. The molecule has 18 heavy (non-hydrogen) atoms. The molecule has 106 valence electrons. The molecule has 0 radical (unpaired) electrons. The predicted octanol–water partition coefficient (Wildman–Crippen LogP) is 3.56. The van der Waals surface area contributed by atoms with Crippen LogP contribution in [0.1, 0.15) is 60.3 Å². The zero-order valence-electron chi connectivity index (χ0n) is 12.7.